The van der Waals surface area contributed by atoms with E-state index in [2.05, 4.69) is 91.7 Å². The molecule has 0 N–H and O–H groups in total. The molecule has 11 heteroatoms. The van der Waals surface area contributed by atoms with E-state index >= 15 is 0 Å². The van der Waals surface area contributed by atoms with Gasteiger partial charge in [0.1, 0.15) is 0 Å². The second-order valence-corrected chi connectivity index (χ2v) is 36.3. The maximum Gasteiger partial charge on any atom is 0.314 e. The van der Waals surface area contributed by atoms with Gasteiger partial charge >= 0.3 is 25.7 Å². The van der Waals surface area contributed by atoms with Crippen LogP contribution >= 0.6 is 0 Å². The first-order valence-electron chi connectivity index (χ1n) is 11.0. The van der Waals surface area contributed by atoms with Gasteiger partial charge in [0, 0.05) is 6.61 Å². The van der Waals surface area contributed by atoms with E-state index < -0.39 is 50.6 Å². The lowest BCUT2D eigenvalue weighted by atomic mass is 10.4. The first-order chi connectivity index (χ1) is 12.5. The minimum absolute atomic E-state index is 1.03. The maximum absolute atomic E-state index is 6.39. The number of hydrogen-bond acceptors (Lipinski definition) is 5. The van der Waals surface area contributed by atoms with E-state index in [1.165, 1.54) is 18.9 Å². The van der Waals surface area contributed by atoms with Crippen molar-refractivity contribution in [2.45, 2.75) is 111 Å². The van der Waals surface area contributed by atoms with Crippen molar-refractivity contribution in [3.63, 3.8) is 0 Å². The highest BCUT2D eigenvalue weighted by Crippen LogP contribution is 2.25. The molecule has 5 nitrogen and oxygen atoms in total. The largest absolute Gasteiger partial charge is 0.437 e. The van der Waals surface area contributed by atoms with E-state index in [0.717, 1.165) is 6.61 Å². The van der Waals surface area contributed by atoms with E-state index in [1.54, 1.807) is 0 Å². The number of hydrogen-bond donors (Lipinski definition) is 0. The lowest BCUT2D eigenvalue weighted by molar-refractivity contribution is 0.275. The van der Waals surface area contributed by atoms with Crippen molar-refractivity contribution < 1.29 is 20.9 Å². The van der Waals surface area contributed by atoms with Gasteiger partial charge in [-0.2, -0.15) is 0 Å². The van der Waals surface area contributed by atoms with Crippen LogP contribution in [0.5, 0.6) is 0 Å². The van der Waals surface area contributed by atoms with Gasteiger partial charge in [0.25, 0.3) is 0 Å². The fraction of sp³-hybridized carbons (Fsp3) is 1.00. The Kier molecular flexibility index (Phi) is 11.2. The van der Waals surface area contributed by atoms with Crippen LogP contribution in [0.1, 0.15) is 12.8 Å². The molecule has 1 saturated heterocycles. The van der Waals surface area contributed by atoms with Gasteiger partial charge in [0.05, 0.1) is 0 Å². The standard InChI is InChI=1S/C12H36O4Si5.C6H14OSi/c1-17(2,3)13-19(7,8)15-21(11,12)16-20(9,10)14-18(4,5)6;1-8(2)6-4-3-5-7-8/h1-12H3;3-6H2,1-2H3. The predicted molar refractivity (Wildman–Crippen MR) is 141 cm³/mol. The van der Waals surface area contributed by atoms with Crippen LogP contribution in [0, 0.1) is 0 Å². The van der Waals surface area contributed by atoms with Gasteiger partial charge in [-0.05, 0) is 104 Å². The molecule has 0 amide bonds. The summed E-state index contributed by atoms with van der Waals surface area (Å²) in [7, 11) is -10.9. The summed E-state index contributed by atoms with van der Waals surface area (Å²) >= 11 is 0. The predicted octanol–water partition coefficient (Wildman–Crippen LogP) is 6.83. The Morgan fingerprint density at radius 1 is 0.552 bits per heavy atom. The summed E-state index contributed by atoms with van der Waals surface area (Å²) in [6, 6.07) is 1.37. The summed E-state index contributed by atoms with van der Waals surface area (Å²) in [5, 5.41) is 0. The third-order valence-corrected chi connectivity index (χ3v) is 23.0. The third-order valence-electron chi connectivity index (χ3n) is 3.75. The molecule has 1 heterocycles. The van der Waals surface area contributed by atoms with Crippen molar-refractivity contribution in [2.75, 3.05) is 6.61 Å². The minimum atomic E-state index is -2.26. The molecule has 0 bridgehead atoms. The smallest absolute Gasteiger partial charge is 0.314 e. The summed E-state index contributed by atoms with van der Waals surface area (Å²) in [6.07, 6.45) is 2.69. The van der Waals surface area contributed by atoms with E-state index in [0.29, 0.717) is 0 Å². The summed E-state index contributed by atoms with van der Waals surface area (Å²) < 4.78 is 30.9. The van der Waals surface area contributed by atoms with E-state index in [-0.39, 0.29) is 0 Å². The summed E-state index contributed by atoms with van der Waals surface area (Å²) in [5.41, 5.74) is 0. The molecule has 0 aromatic carbocycles. The lowest BCUT2D eigenvalue weighted by Crippen LogP contribution is -2.58. The van der Waals surface area contributed by atoms with Gasteiger partial charge in [-0.1, -0.05) is 6.42 Å². The van der Waals surface area contributed by atoms with Crippen molar-refractivity contribution in [3.05, 3.63) is 0 Å². The first-order valence-corrected chi connectivity index (χ1v) is 29.4. The van der Waals surface area contributed by atoms with Gasteiger partial charge in [-0.25, -0.2) is 0 Å². The van der Waals surface area contributed by atoms with Crippen molar-refractivity contribution in [1.29, 1.82) is 0 Å². The molecule has 1 aliphatic rings. The van der Waals surface area contributed by atoms with Crippen LogP contribution in [0.4, 0.5) is 0 Å². The normalized spacial score (nSPS) is 18.8. The van der Waals surface area contributed by atoms with Gasteiger partial charge < -0.3 is 20.9 Å². The Hall–Kier alpha value is 1.10. The number of rotatable bonds is 8. The average molecular weight is 515 g/mol. The lowest BCUT2D eigenvalue weighted by Gasteiger charge is -2.41. The van der Waals surface area contributed by atoms with Crippen molar-refractivity contribution in [3.8, 4) is 0 Å². The van der Waals surface area contributed by atoms with E-state index in [4.69, 9.17) is 20.9 Å². The van der Waals surface area contributed by atoms with Crippen LogP contribution in [0.15, 0.2) is 0 Å². The van der Waals surface area contributed by atoms with Gasteiger partial charge in [-0.15, -0.1) is 0 Å². The van der Waals surface area contributed by atoms with Crippen LogP contribution in [-0.2, 0) is 20.9 Å². The topological polar surface area (TPSA) is 46.2 Å². The van der Waals surface area contributed by atoms with Gasteiger partial charge in [0.2, 0.25) is 0 Å². The second-order valence-electron chi connectivity index (χ2n) is 11.9. The zero-order valence-electron chi connectivity index (χ0n) is 21.9. The molecule has 0 saturated carbocycles. The Morgan fingerprint density at radius 2 is 0.897 bits per heavy atom. The van der Waals surface area contributed by atoms with Crippen molar-refractivity contribution in [2.24, 2.45) is 0 Å². The minimum Gasteiger partial charge on any atom is -0.437 e. The van der Waals surface area contributed by atoms with Crippen LogP contribution in [-0.4, -0.2) is 57.2 Å². The van der Waals surface area contributed by atoms with E-state index in [1.807, 2.05) is 0 Å². The molecular formula is C18H50O5Si6. The molecule has 0 aliphatic carbocycles. The fourth-order valence-electron chi connectivity index (χ4n) is 3.79. The molecule has 1 aliphatic heterocycles. The molecule has 29 heavy (non-hydrogen) atoms. The molecule has 0 spiro atoms. The van der Waals surface area contributed by atoms with E-state index in [9.17, 15) is 0 Å². The van der Waals surface area contributed by atoms with Crippen molar-refractivity contribution >= 4 is 50.6 Å². The SMILES string of the molecule is C[Si](C)(C)O[Si](C)(C)O[Si](C)(C)O[Si](C)(C)O[Si](C)(C)C.C[Si]1(C)CCCCO1. The van der Waals surface area contributed by atoms with Crippen molar-refractivity contribution in [1.82, 2.24) is 0 Å². The summed E-state index contributed by atoms with van der Waals surface area (Å²) in [6.45, 7) is 31.5. The Morgan fingerprint density at radius 3 is 1.10 bits per heavy atom. The third kappa shape index (κ3) is 17.3. The quantitative estimate of drug-likeness (QED) is 0.332. The fourth-order valence-corrected chi connectivity index (χ4v) is 28.6. The Bertz CT molecular complexity index is 458. The monoisotopic (exact) mass is 514 g/mol. The molecule has 176 valence electrons. The highest BCUT2D eigenvalue weighted by atomic mass is 28.5. The molecule has 0 atom stereocenters. The average Bonchev–Trinajstić information content (AvgIpc) is 2.28. The van der Waals surface area contributed by atoms with Crippen LogP contribution < -0.4 is 0 Å². The molecule has 0 unspecified atom stereocenters. The zero-order chi connectivity index (χ0) is 23.4. The maximum atomic E-state index is 6.39. The van der Waals surface area contributed by atoms with Gasteiger partial charge in [0.15, 0.2) is 25.0 Å². The molecule has 0 aromatic heterocycles. The van der Waals surface area contributed by atoms with Crippen LogP contribution in [0.25, 0.3) is 0 Å². The highest BCUT2D eigenvalue weighted by molar-refractivity contribution is 6.90. The molecule has 0 radical (unpaired) electrons. The Labute approximate surface area is 188 Å². The summed E-state index contributed by atoms with van der Waals surface area (Å²) in [4.78, 5) is 0. The molecule has 0 aromatic rings. The molecule has 1 fully saturated rings. The Balaban J connectivity index is 0.000000807. The highest BCUT2D eigenvalue weighted by Gasteiger charge is 2.44. The van der Waals surface area contributed by atoms with Crippen LogP contribution in [0.3, 0.4) is 0 Å². The first kappa shape index (κ1) is 30.1. The second kappa shape index (κ2) is 10.8. The zero-order valence-corrected chi connectivity index (χ0v) is 27.9. The molecule has 1 rings (SSSR count). The summed E-state index contributed by atoms with van der Waals surface area (Å²) in [5.74, 6) is 0. The van der Waals surface area contributed by atoms with Gasteiger partial charge in [-0.3, -0.25) is 0 Å². The van der Waals surface area contributed by atoms with Crippen LogP contribution in [0.2, 0.25) is 97.7 Å². The molecular weight excluding hydrogens is 465 g/mol.